The van der Waals surface area contributed by atoms with E-state index in [1.54, 1.807) is 24.4 Å². The molecule has 0 amide bonds. The summed E-state index contributed by atoms with van der Waals surface area (Å²) >= 11 is 0. The number of pyridine rings is 1. The number of benzene rings is 1. The van der Waals surface area contributed by atoms with Gasteiger partial charge in [-0.2, -0.15) is 0 Å². The van der Waals surface area contributed by atoms with Crippen molar-refractivity contribution >= 4 is 28.6 Å². The van der Waals surface area contributed by atoms with Gasteiger partial charge in [-0.3, -0.25) is 4.98 Å². The molecular weight excluding hydrogens is 417 g/mol. The average Bonchev–Trinajstić information content (AvgIpc) is 3.01. The number of aromatic hydroxyl groups is 1. The fourth-order valence-corrected chi connectivity index (χ4v) is 6.46. The molecular formula is C22H24BNO6S. The molecule has 3 N–H and O–H groups in total. The number of aliphatic hydroxyl groups excluding tert-OH is 1. The first kappa shape index (κ1) is 21.8. The molecule has 9 heteroatoms. The molecule has 1 aromatic heterocycles. The van der Waals surface area contributed by atoms with Gasteiger partial charge in [-0.05, 0) is 65.5 Å². The number of aliphatic hydroxyl groups is 1. The average molecular weight is 441 g/mol. The highest BCUT2D eigenvalue weighted by Gasteiger charge is 2.48. The Morgan fingerprint density at radius 3 is 2.81 bits per heavy atom. The van der Waals surface area contributed by atoms with Crippen LogP contribution in [0, 0.1) is 0 Å². The highest BCUT2D eigenvalue weighted by molar-refractivity contribution is 7.92. The minimum atomic E-state index is -3.45. The van der Waals surface area contributed by atoms with Crippen LogP contribution in [0.3, 0.4) is 0 Å². The molecule has 0 spiro atoms. The van der Waals surface area contributed by atoms with E-state index in [4.69, 9.17) is 4.65 Å². The summed E-state index contributed by atoms with van der Waals surface area (Å²) in [6, 6.07) is 12.5. The van der Waals surface area contributed by atoms with E-state index in [1.807, 2.05) is 30.3 Å². The number of sulfone groups is 1. The Morgan fingerprint density at radius 1 is 1.26 bits per heavy atom. The minimum Gasteiger partial charge on any atom is -0.508 e. The molecule has 4 rings (SSSR count). The number of allylic oxidation sites excluding steroid dienone is 1. The maximum absolute atomic E-state index is 12.5. The molecule has 31 heavy (non-hydrogen) atoms. The molecule has 0 bridgehead atoms. The van der Waals surface area contributed by atoms with Gasteiger partial charge in [-0.15, -0.1) is 0 Å². The lowest BCUT2D eigenvalue weighted by Crippen LogP contribution is -2.42. The van der Waals surface area contributed by atoms with Crippen molar-refractivity contribution in [3.05, 3.63) is 71.1 Å². The van der Waals surface area contributed by atoms with Gasteiger partial charge in [0.15, 0.2) is 9.84 Å². The molecule has 0 radical (unpaired) electrons. The summed E-state index contributed by atoms with van der Waals surface area (Å²) in [7, 11) is -4.61. The first-order chi connectivity index (χ1) is 14.9. The topological polar surface area (TPSA) is 117 Å². The number of nitrogens with zero attached hydrogens (tertiary/aromatic N) is 1. The van der Waals surface area contributed by atoms with Crippen LogP contribution >= 0.6 is 0 Å². The Kier molecular flexibility index (Phi) is 6.29. The van der Waals surface area contributed by atoms with Crippen molar-refractivity contribution < 1.29 is 28.3 Å². The predicted octanol–water partition coefficient (Wildman–Crippen LogP) is 2.07. The molecule has 2 atom stereocenters. The molecule has 1 fully saturated rings. The van der Waals surface area contributed by atoms with Crippen molar-refractivity contribution in [1.82, 2.24) is 4.98 Å². The molecule has 1 saturated heterocycles. The monoisotopic (exact) mass is 441 g/mol. The molecule has 2 aliphatic rings. The van der Waals surface area contributed by atoms with Crippen LogP contribution in [0.5, 0.6) is 5.75 Å². The number of phenolic OH excluding ortho intramolecular Hbond substituents is 1. The third-order valence-corrected chi connectivity index (χ3v) is 7.78. The number of fused-ring (bicyclic) bond motifs is 1. The van der Waals surface area contributed by atoms with Crippen molar-refractivity contribution in [1.29, 1.82) is 0 Å². The molecule has 162 valence electrons. The Bertz CT molecular complexity index is 1120. The van der Waals surface area contributed by atoms with Gasteiger partial charge in [0.1, 0.15) is 5.75 Å². The van der Waals surface area contributed by atoms with Crippen LogP contribution in [-0.2, 0) is 14.5 Å². The van der Waals surface area contributed by atoms with E-state index in [0.29, 0.717) is 24.0 Å². The molecule has 7 nitrogen and oxygen atoms in total. The molecule has 0 saturated carbocycles. The summed E-state index contributed by atoms with van der Waals surface area (Å²) in [4.78, 5) is 4.43. The third kappa shape index (κ3) is 4.75. The van der Waals surface area contributed by atoms with Crippen molar-refractivity contribution in [2.75, 3.05) is 12.4 Å². The number of aromatic nitrogens is 1. The third-order valence-electron chi connectivity index (χ3n) is 5.72. The second-order valence-electron chi connectivity index (χ2n) is 7.85. The summed E-state index contributed by atoms with van der Waals surface area (Å²) in [5.41, 5.74) is 3.51. The highest BCUT2D eigenvalue weighted by atomic mass is 32.2. The van der Waals surface area contributed by atoms with Crippen LogP contribution in [0.25, 0.3) is 11.6 Å². The lowest BCUT2D eigenvalue weighted by Gasteiger charge is -2.32. The van der Waals surface area contributed by atoms with Gasteiger partial charge in [0.25, 0.3) is 0 Å². The van der Waals surface area contributed by atoms with Crippen LogP contribution in [0.15, 0.2) is 59.8 Å². The Balaban J connectivity index is 1.63. The van der Waals surface area contributed by atoms with E-state index in [9.17, 15) is 23.7 Å². The Labute approximate surface area is 181 Å². The van der Waals surface area contributed by atoms with Gasteiger partial charge in [0.2, 0.25) is 0 Å². The minimum absolute atomic E-state index is 0.0100. The normalized spacial score (nSPS) is 23.2. The lowest BCUT2D eigenvalue weighted by atomic mass is 9.74. The van der Waals surface area contributed by atoms with Gasteiger partial charge < -0.3 is 19.9 Å². The number of hydrogen-bond donors (Lipinski definition) is 3. The number of rotatable bonds is 6. The fourth-order valence-electron chi connectivity index (χ4n) is 4.35. The number of hydrogen-bond acceptors (Lipinski definition) is 7. The maximum atomic E-state index is 12.5. The van der Waals surface area contributed by atoms with Crippen LogP contribution < -0.4 is 0 Å². The van der Waals surface area contributed by atoms with Gasteiger partial charge in [-0.25, -0.2) is 8.42 Å². The highest BCUT2D eigenvalue weighted by Crippen LogP contribution is 2.40. The van der Waals surface area contributed by atoms with Gasteiger partial charge in [0.05, 0.1) is 29.4 Å². The van der Waals surface area contributed by atoms with Crippen molar-refractivity contribution in [3.8, 4) is 5.75 Å². The Morgan fingerprint density at radius 2 is 2.10 bits per heavy atom. The van der Waals surface area contributed by atoms with E-state index in [1.165, 1.54) is 0 Å². The van der Waals surface area contributed by atoms with Crippen LogP contribution in [0.1, 0.15) is 24.1 Å². The van der Waals surface area contributed by atoms with E-state index in [2.05, 4.69) is 4.98 Å². The second kappa shape index (κ2) is 8.96. The maximum Gasteiger partial charge on any atom is 0.456 e. The van der Waals surface area contributed by atoms with Crippen molar-refractivity contribution in [3.63, 3.8) is 0 Å². The molecule has 0 unspecified atom stereocenters. The lowest BCUT2D eigenvalue weighted by molar-refractivity contribution is 0.169. The fraction of sp³-hybridized carbons (Fsp3) is 0.318. The quantitative estimate of drug-likeness (QED) is 0.464. The van der Waals surface area contributed by atoms with Crippen LogP contribution in [-0.4, -0.2) is 59.5 Å². The summed E-state index contributed by atoms with van der Waals surface area (Å²) in [5.74, 6) is -0.0351. The van der Waals surface area contributed by atoms with Crippen molar-refractivity contribution in [2.45, 2.75) is 30.5 Å². The molecule has 2 aliphatic heterocycles. The van der Waals surface area contributed by atoms with Crippen molar-refractivity contribution in [2.24, 2.45) is 0 Å². The van der Waals surface area contributed by atoms with E-state index in [0.717, 1.165) is 16.8 Å². The smallest absolute Gasteiger partial charge is 0.456 e. The van der Waals surface area contributed by atoms with Gasteiger partial charge in [-0.1, -0.05) is 18.2 Å². The molecule has 1 aromatic carbocycles. The zero-order valence-corrected chi connectivity index (χ0v) is 17.7. The number of phenols is 1. The standard InChI is InChI=1S/C22H24BNO6S/c25-13-17-14-31(28,29)21-12-23(27)30-20(22(17)21)8-7-16(19-6-1-2-9-24-19)10-15-4-3-5-18(26)11-15/h1-6,9-11,20-21,25-27H,7-8,12-14H2/b16-10-/t20-,21+/m1/s1. The summed E-state index contributed by atoms with van der Waals surface area (Å²) in [6.45, 7) is -0.340. The first-order valence-corrected chi connectivity index (χ1v) is 11.9. The summed E-state index contributed by atoms with van der Waals surface area (Å²) < 4.78 is 30.8. The van der Waals surface area contributed by atoms with Gasteiger partial charge in [0, 0.05) is 12.5 Å². The predicted molar refractivity (Wildman–Crippen MR) is 119 cm³/mol. The SMILES string of the molecule is O=S1(=O)CC(CO)=C2[C@@H](CC/C(=C/c3cccc(O)c3)c3ccccn3)OB(O)C[C@@H]21. The largest absolute Gasteiger partial charge is 0.508 e. The van der Waals surface area contributed by atoms with Gasteiger partial charge >= 0.3 is 7.12 Å². The van der Waals surface area contributed by atoms with Crippen LogP contribution in [0.2, 0.25) is 6.32 Å². The second-order valence-corrected chi connectivity index (χ2v) is 10.0. The zero-order valence-electron chi connectivity index (χ0n) is 16.9. The Hall–Kier alpha value is -2.46. The molecule has 0 aliphatic carbocycles. The van der Waals surface area contributed by atoms with E-state index >= 15 is 0 Å². The van der Waals surface area contributed by atoms with E-state index in [-0.39, 0.29) is 24.4 Å². The van der Waals surface area contributed by atoms with Crippen LogP contribution in [0.4, 0.5) is 0 Å². The molecule has 3 heterocycles. The first-order valence-electron chi connectivity index (χ1n) is 10.2. The zero-order chi connectivity index (χ0) is 22.0. The van der Waals surface area contributed by atoms with E-state index < -0.39 is 28.3 Å². The molecule has 2 aromatic rings. The summed E-state index contributed by atoms with van der Waals surface area (Å²) in [5, 5.41) is 28.8. The summed E-state index contributed by atoms with van der Waals surface area (Å²) in [6.07, 6.45) is 3.92.